The van der Waals surface area contributed by atoms with Gasteiger partial charge in [0, 0.05) is 5.69 Å². The molecule has 0 aromatic heterocycles. The van der Waals surface area contributed by atoms with Crippen molar-refractivity contribution < 1.29 is 63.8 Å². The van der Waals surface area contributed by atoms with Gasteiger partial charge in [-0.05, 0) is 60.0 Å². The maximum absolute atomic E-state index is 12.2. The van der Waals surface area contributed by atoms with E-state index in [0.29, 0.717) is 0 Å². The topological polar surface area (TPSA) is 318 Å². The molecule has 0 saturated heterocycles. The number of rotatable bonds is 10. The molecule has 0 spiro atoms. The molecule has 4 aromatic carbocycles. The predicted octanol–water partition coefficient (Wildman–Crippen LogP) is 4.83. The molecule has 238 valence electrons. The lowest BCUT2D eigenvalue weighted by atomic mass is 10.1. The van der Waals surface area contributed by atoms with Crippen molar-refractivity contribution in [1.82, 2.24) is 0 Å². The molecule has 0 radical (unpaired) electrons. The summed E-state index contributed by atoms with van der Waals surface area (Å²) in [7, 11) is -14.6. The molecule has 0 aliphatic rings. The van der Waals surface area contributed by atoms with Gasteiger partial charge < -0.3 is 15.9 Å². The second-order valence-electron chi connectivity index (χ2n) is 8.51. The van der Waals surface area contributed by atoms with Crippen molar-refractivity contribution >= 4 is 81.6 Å². The minimum absolute atomic E-state index is 0.0597. The summed E-state index contributed by atoms with van der Waals surface area (Å²) in [6, 6.07) is 8.99. The molecule has 0 atom stereocenters. The van der Waals surface area contributed by atoms with Crippen molar-refractivity contribution in [3.63, 3.8) is 0 Å². The van der Waals surface area contributed by atoms with E-state index in [2.05, 4.69) is 29.8 Å². The molecule has 4 aromatic rings. The minimum atomic E-state index is -5.14. The monoisotopic (exact) mass is 703 g/mol. The van der Waals surface area contributed by atoms with Crippen molar-refractivity contribution in [1.29, 1.82) is 0 Å². The molecule has 0 fully saturated rings. The van der Waals surface area contributed by atoms with Crippen LogP contribution < -0.4 is 5.73 Å². The van der Waals surface area contributed by atoms with Gasteiger partial charge in [0.15, 0.2) is 11.5 Å². The highest BCUT2D eigenvalue weighted by Crippen LogP contribution is 2.51. The number of hydrogen-bond donors (Lipinski definition) is 7. The summed E-state index contributed by atoms with van der Waals surface area (Å²) in [5.74, 6) is -2.02. The van der Waals surface area contributed by atoms with Gasteiger partial charge in [-0.25, -0.2) is 5.26 Å². The van der Waals surface area contributed by atoms with Gasteiger partial charge in [0.25, 0.3) is 30.4 Å². The third kappa shape index (κ3) is 7.51. The number of nitrogen functional groups attached to an aromatic ring is 1. The SMILES string of the molecule is Nc1ccc(/N=N/c2c(SOOO)cc3cc(S(=O)(=O)O)c(/N=N/c4ccc(S(=O)(=O)O)cc4)c(O)c3c2O)c(S(=O)(=O)O)c1. The van der Waals surface area contributed by atoms with E-state index in [4.69, 9.17) is 15.5 Å². The Morgan fingerprint density at radius 1 is 0.689 bits per heavy atom. The minimum Gasteiger partial charge on any atom is -0.505 e. The Morgan fingerprint density at radius 2 is 1.29 bits per heavy atom. The molecule has 0 unspecified atom stereocenters. The smallest absolute Gasteiger partial charge is 0.296 e. The number of aromatic hydroxyl groups is 2. The van der Waals surface area contributed by atoms with Crippen LogP contribution in [0.3, 0.4) is 0 Å². The molecule has 45 heavy (non-hydrogen) atoms. The first-order chi connectivity index (χ1) is 20.9. The first-order valence-corrected chi connectivity index (χ1v) is 16.4. The zero-order valence-corrected chi connectivity index (χ0v) is 24.9. The molecule has 19 nitrogen and oxygen atoms in total. The lowest BCUT2D eigenvalue weighted by Crippen LogP contribution is -2.00. The number of hydrogen-bond acceptors (Lipinski definition) is 17. The summed E-state index contributed by atoms with van der Waals surface area (Å²) < 4.78 is 103. The van der Waals surface area contributed by atoms with Crippen LogP contribution in [0.5, 0.6) is 11.5 Å². The molecular weight excluding hydrogens is 687 g/mol. The van der Waals surface area contributed by atoms with E-state index in [1.165, 1.54) is 6.07 Å². The summed E-state index contributed by atoms with van der Waals surface area (Å²) in [6.07, 6.45) is 0. The summed E-state index contributed by atoms with van der Waals surface area (Å²) in [4.78, 5) is -2.54. The molecule has 0 saturated carbocycles. The highest BCUT2D eigenvalue weighted by molar-refractivity contribution is 7.94. The number of benzene rings is 4. The van der Waals surface area contributed by atoms with Crippen LogP contribution in [-0.4, -0.2) is 54.4 Å². The number of anilines is 1. The zero-order valence-electron chi connectivity index (χ0n) is 21.6. The molecule has 8 N–H and O–H groups in total. The predicted molar refractivity (Wildman–Crippen MR) is 153 cm³/mol. The molecule has 0 bridgehead atoms. The van der Waals surface area contributed by atoms with Crippen LogP contribution in [0.25, 0.3) is 10.8 Å². The average molecular weight is 704 g/mol. The normalized spacial score (nSPS) is 12.9. The second kappa shape index (κ2) is 12.6. The average Bonchev–Trinajstić information content (AvgIpc) is 2.94. The van der Waals surface area contributed by atoms with Crippen LogP contribution in [0, 0.1) is 0 Å². The molecule has 0 amide bonds. The maximum Gasteiger partial charge on any atom is 0.296 e. The number of azo groups is 2. The van der Waals surface area contributed by atoms with Crippen LogP contribution in [0.15, 0.2) is 94.6 Å². The third-order valence-electron chi connectivity index (χ3n) is 5.60. The molecule has 0 aliphatic heterocycles. The van der Waals surface area contributed by atoms with E-state index in [1.54, 1.807) is 0 Å². The van der Waals surface area contributed by atoms with E-state index in [9.17, 15) is 44.6 Å². The van der Waals surface area contributed by atoms with Gasteiger partial charge in [0.05, 0.1) is 32.9 Å². The summed E-state index contributed by atoms with van der Waals surface area (Å²) in [5.41, 5.74) is 3.47. The van der Waals surface area contributed by atoms with Crippen LogP contribution >= 0.6 is 12.0 Å². The lowest BCUT2D eigenvalue weighted by Gasteiger charge is -2.13. The first-order valence-electron chi connectivity index (χ1n) is 11.4. The number of fused-ring (bicyclic) bond motifs is 1. The molecule has 23 heteroatoms. The Balaban J connectivity index is 1.96. The van der Waals surface area contributed by atoms with Gasteiger partial charge in [0.2, 0.25) is 0 Å². The van der Waals surface area contributed by atoms with Crippen molar-refractivity contribution in [2.45, 2.75) is 19.6 Å². The van der Waals surface area contributed by atoms with Crippen molar-refractivity contribution in [2.24, 2.45) is 20.5 Å². The quantitative estimate of drug-likeness (QED) is 0.0290. The van der Waals surface area contributed by atoms with Crippen LogP contribution in [-0.2, 0) is 39.7 Å². The van der Waals surface area contributed by atoms with E-state index < -0.39 is 79.0 Å². The summed E-state index contributed by atoms with van der Waals surface area (Å²) >= 11 is 0.187. The van der Waals surface area contributed by atoms with E-state index in [1.807, 2.05) is 0 Å². The third-order valence-corrected chi connectivity index (χ3v) is 8.84. The van der Waals surface area contributed by atoms with Gasteiger partial charge in [-0.3, -0.25) is 13.7 Å². The Labute approximate surface area is 256 Å². The second-order valence-corrected chi connectivity index (χ2v) is 13.5. The lowest BCUT2D eigenvalue weighted by molar-refractivity contribution is -0.432. The van der Waals surface area contributed by atoms with Gasteiger partial charge in [0.1, 0.15) is 26.9 Å². The van der Waals surface area contributed by atoms with Crippen LogP contribution in [0.2, 0.25) is 0 Å². The van der Waals surface area contributed by atoms with Crippen LogP contribution in [0.1, 0.15) is 0 Å². The van der Waals surface area contributed by atoms with Crippen molar-refractivity contribution in [3.8, 4) is 11.5 Å². The Morgan fingerprint density at radius 3 is 1.87 bits per heavy atom. The zero-order chi connectivity index (χ0) is 33.3. The molecule has 4 rings (SSSR count). The first kappa shape index (κ1) is 33.6. The highest BCUT2D eigenvalue weighted by Gasteiger charge is 2.27. The molecule has 0 aliphatic carbocycles. The summed E-state index contributed by atoms with van der Waals surface area (Å²) in [6.45, 7) is 0. The van der Waals surface area contributed by atoms with E-state index in [-0.39, 0.29) is 33.7 Å². The highest BCUT2D eigenvalue weighted by atomic mass is 32.2. The Kier molecular flexibility index (Phi) is 9.40. The largest absolute Gasteiger partial charge is 0.505 e. The van der Waals surface area contributed by atoms with E-state index >= 15 is 0 Å². The van der Waals surface area contributed by atoms with Gasteiger partial charge in [-0.1, -0.05) is 5.04 Å². The Hall–Kier alpha value is -4.30. The van der Waals surface area contributed by atoms with Gasteiger partial charge in [-0.15, -0.1) is 19.7 Å². The fourth-order valence-electron chi connectivity index (χ4n) is 3.68. The molecular formula is C22H17N5O14S4. The Bertz CT molecular complexity index is 2210. The standard InChI is InChI=1S/C22H17N5O14S4/c23-11-1-6-14(16(9-11)44(34,35)36)25-26-19-15(42-41-40-30)7-10-8-17(45(37,38)39)20(22(29)18(10)21(19)28)27-24-12-2-4-13(5-3-12)43(31,32)33/h1-9,28-30H,23H2,(H,31,32,33)(H,34,35,36)(H,37,38,39)/b26-25+,27-24+. The fourth-order valence-corrected chi connectivity index (χ4v) is 5.97. The number of phenols is 2. The van der Waals surface area contributed by atoms with Crippen molar-refractivity contribution in [2.75, 3.05) is 5.73 Å². The van der Waals surface area contributed by atoms with E-state index in [0.717, 1.165) is 48.5 Å². The number of nitrogens with two attached hydrogens (primary N) is 1. The number of nitrogens with zero attached hydrogens (tertiary/aromatic N) is 4. The van der Waals surface area contributed by atoms with Crippen LogP contribution in [0.4, 0.5) is 28.4 Å². The molecule has 0 heterocycles. The maximum atomic E-state index is 12.2. The van der Waals surface area contributed by atoms with Crippen molar-refractivity contribution in [3.05, 3.63) is 54.6 Å². The van der Waals surface area contributed by atoms with Gasteiger partial charge >= 0.3 is 0 Å². The fraction of sp³-hybridized carbons (Fsp3) is 0. The number of phenolic OH excluding ortho intramolecular Hbond substituents is 2. The van der Waals surface area contributed by atoms with Gasteiger partial charge in [-0.2, -0.15) is 30.4 Å². The summed E-state index contributed by atoms with van der Waals surface area (Å²) in [5, 5.41) is 48.3.